The second-order valence-electron chi connectivity index (χ2n) is 6.77. The molecule has 0 radical (unpaired) electrons. The summed E-state index contributed by atoms with van der Waals surface area (Å²) in [6.07, 6.45) is -2.59. The van der Waals surface area contributed by atoms with Crippen molar-refractivity contribution in [1.82, 2.24) is 0 Å². The van der Waals surface area contributed by atoms with Gasteiger partial charge in [-0.1, -0.05) is 17.7 Å². The van der Waals surface area contributed by atoms with Gasteiger partial charge in [0, 0.05) is 0 Å². The van der Waals surface area contributed by atoms with Crippen molar-refractivity contribution in [2.45, 2.75) is 62.2 Å². The standard InChI is InChI=1S/C16H20O7S/c1-9-4-6-10(7-5-9)24(17,18)23-11-8-19-13-12(11)20-15-14(13)21-16(2,3)22-15/h4-7,11-15H,8H2,1-3H3/t11?,12-,13+,14-,15-/m1/s1. The largest absolute Gasteiger partial charge is 0.370 e. The molecule has 0 spiro atoms. The van der Waals surface area contributed by atoms with Gasteiger partial charge in [-0.25, -0.2) is 0 Å². The van der Waals surface area contributed by atoms with E-state index in [0.717, 1.165) is 5.56 Å². The summed E-state index contributed by atoms with van der Waals surface area (Å²) in [6, 6.07) is 6.50. The molecule has 1 unspecified atom stereocenters. The maximum absolute atomic E-state index is 12.4. The number of rotatable bonds is 3. The second-order valence-corrected chi connectivity index (χ2v) is 8.34. The highest BCUT2D eigenvalue weighted by atomic mass is 32.2. The smallest absolute Gasteiger partial charge is 0.297 e. The van der Waals surface area contributed by atoms with Crippen molar-refractivity contribution in [2.24, 2.45) is 0 Å². The lowest BCUT2D eigenvalue weighted by Gasteiger charge is -2.22. The fourth-order valence-corrected chi connectivity index (χ4v) is 4.37. The predicted molar refractivity (Wildman–Crippen MR) is 81.7 cm³/mol. The zero-order chi connectivity index (χ0) is 17.1. The number of fused-ring (bicyclic) bond motifs is 3. The molecule has 3 aliphatic rings. The minimum Gasteiger partial charge on any atom is -0.370 e. The third kappa shape index (κ3) is 2.77. The van der Waals surface area contributed by atoms with Crippen LogP contribution in [-0.2, 0) is 33.2 Å². The Kier molecular flexibility index (Phi) is 3.76. The van der Waals surface area contributed by atoms with Gasteiger partial charge in [0.1, 0.15) is 24.4 Å². The number of ether oxygens (including phenoxy) is 4. The molecule has 5 atom stereocenters. The van der Waals surface area contributed by atoms with E-state index in [1.807, 2.05) is 6.92 Å². The molecule has 0 aliphatic carbocycles. The van der Waals surface area contributed by atoms with Gasteiger partial charge >= 0.3 is 0 Å². The van der Waals surface area contributed by atoms with E-state index in [1.165, 1.54) is 12.1 Å². The Morgan fingerprint density at radius 1 is 1.08 bits per heavy atom. The van der Waals surface area contributed by atoms with Crippen molar-refractivity contribution in [3.63, 3.8) is 0 Å². The summed E-state index contributed by atoms with van der Waals surface area (Å²) < 4.78 is 53.2. The van der Waals surface area contributed by atoms with Crippen LogP contribution in [0.1, 0.15) is 19.4 Å². The van der Waals surface area contributed by atoms with Crippen molar-refractivity contribution in [3.05, 3.63) is 29.8 Å². The Morgan fingerprint density at radius 2 is 1.79 bits per heavy atom. The zero-order valence-corrected chi connectivity index (χ0v) is 14.5. The lowest BCUT2D eigenvalue weighted by molar-refractivity contribution is -0.213. The van der Waals surface area contributed by atoms with Crippen LogP contribution in [0.4, 0.5) is 0 Å². The van der Waals surface area contributed by atoms with Crippen LogP contribution < -0.4 is 0 Å². The third-order valence-corrected chi connectivity index (χ3v) is 5.76. The van der Waals surface area contributed by atoms with Gasteiger partial charge in [-0.2, -0.15) is 8.42 Å². The van der Waals surface area contributed by atoms with Crippen molar-refractivity contribution < 1.29 is 31.5 Å². The first-order valence-electron chi connectivity index (χ1n) is 7.88. The first-order valence-corrected chi connectivity index (χ1v) is 9.29. The van der Waals surface area contributed by atoms with E-state index in [1.54, 1.807) is 26.0 Å². The van der Waals surface area contributed by atoms with Gasteiger partial charge < -0.3 is 18.9 Å². The molecule has 7 nitrogen and oxygen atoms in total. The summed E-state index contributed by atoms with van der Waals surface area (Å²) in [6.45, 7) is 5.62. The monoisotopic (exact) mass is 356 g/mol. The molecule has 3 saturated heterocycles. The molecule has 0 amide bonds. The van der Waals surface area contributed by atoms with Crippen molar-refractivity contribution in [2.75, 3.05) is 6.61 Å². The summed E-state index contributed by atoms with van der Waals surface area (Å²) in [5, 5.41) is 0. The lowest BCUT2D eigenvalue weighted by atomic mass is 10.1. The second kappa shape index (κ2) is 5.48. The van der Waals surface area contributed by atoms with Crippen LogP contribution in [0.25, 0.3) is 0 Å². The Balaban J connectivity index is 1.49. The van der Waals surface area contributed by atoms with E-state index in [2.05, 4.69) is 0 Å². The quantitative estimate of drug-likeness (QED) is 0.756. The van der Waals surface area contributed by atoms with Crippen molar-refractivity contribution in [1.29, 1.82) is 0 Å². The predicted octanol–water partition coefficient (Wildman–Crippen LogP) is 1.34. The Hall–Kier alpha value is -1.03. The molecule has 0 saturated carbocycles. The molecule has 132 valence electrons. The van der Waals surface area contributed by atoms with Gasteiger partial charge in [-0.05, 0) is 32.9 Å². The lowest BCUT2D eigenvalue weighted by Crippen LogP contribution is -2.37. The molecule has 4 rings (SSSR count). The molecule has 1 aromatic rings. The summed E-state index contributed by atoms with van der Waals surface area (Å²) >= 11 is 0. The Labute approximate surface area is 140 Å². The summed E-state index contributed by atoms with van der Waals surface area (Å²) in [7, 11) is -3.89. The molecule has 3 heterocycles. The number of benzene rings is 1. The van der Waals surface area contributed by atoms with E-state index in [-0.39, 0.29) is 17.6 Å². The highest BCUT2D eigenvalue weighted by Gasteiger charge is 2.60. The van der Waals surface area contributed by atoms with Gasteiger partial charge in [-0.3, -0.25) is 4.18 Å². The average Bonchev–Trinajstić information content (AvgIpc) is 3.09. The molecule has 3 aliphatic heterocycles. The third-order valence-electron chi connectivity index (χ3n) is 4.41. The topological polar surface area (TPSA) is 80.3 Å². The van der Waals surface area contributed by atoms with Gasteiger partial charge in [0.15, 0.2) is 12.1 Å². The SMILES string of the molecule is Cc1ccc(S(=O)(=O)OC2CO[C@@H]3[C@H]4OC(C)(C)O[C@H]4O[C@H]23)cc1. The molecule has 0 bridgehead atoms. The van der Waals surface area contributed by atoms with Crippen LogP contribution >= 0.6 is 0 Å². The van der Waals surface area contributed by atoms with Crippen LogP contribution in [0.3, 0.4) is 0 Å². The fraction of sp³-hybridized carbons (Fsp3) is 0.625. The maximum Gasteiger partial charge on any atom is 0.297 e. The first kappa shape index (κ1) is 16.4. The zero-order valence-electron chi connectivity index (χ0n) is 13.7. The molecular formula is C16H20O7S. The van der Waals surface area contributed by atoms with E-state index in [9.17, 15) is 8.42 Å². The fourth-order valence-electron chi connectivity index (χ4n) is 3.30. The molecule has 1 aromatic carbocycles. The number of aryl methyl sites for hydroxylation is 1. The number of hydrogen-bond acceptors (Lipinski definition) is 7. The van der Waals surface area contributed by atoms with E-state index in [4.69, 9.17) is 23.1 Å². The molecular weight excluding hydrogens is 336 g/mol. The maximum atomic E-state index is 12.4. The van der Waals surface area contributed by atoms with Gasteiger partial charge in [0.25, 0.3) is 10.1 Å². The minimum absolute atomic E-state index is 0.114. The van der Waals surface area contributed by atoms with E-state index in [0.29, 0.717) is 0 Å². The summed E-state index contributed by atoms with van der Waals surface area (Å²) in [4.78, 5) is 0.114. The normalized spacial score (nSPS) is 37.4. The van der Waals surface area contributed by atoms with Gasteiger partial charge in [-0.15, -0.1) is 0 Å². The summed E-state index contributed by atoms with van der Waals surface area (Å²) in [5.41, 5.74) is 0.974. The summed E-state index contributed by atoms with van der Waals surface area (Å²) in [5.74, 6) is -0.740. The molecule has 8 heteroatoms. The van der Waals surface area contributed by atoms with E-state index >= 15 is 0 Å². The molecule has 3 fully saturated rings. The van der Waals surface area contributed by atoms with Gasteiger partial charge in [0.05, 0.1) is 11.5 Å². The van der Waals surface area contributed by atoms with Crippen LogP contribution in [0.2, 0.25) is 0 Å². The van der Waals surface area contributed by atoms with Crippen LogP contribution in [0.15, 0.2) is 29.2 Å². The Bertz CT molecular complexity index is 727. The number of hydrogen-bond donors (Lipinski definition) is 0. The average molecular weight is 356 g/mol. The molecule has 24 heavy (non-hydrogen) atoms. The first-order chi connectivity index (χ1) is 11.3. The van der Waals surface area contributed by atoms with E-state index < -0.39 is 40.5 Å². The van der Waals surface area contributed by atoms with Crippen LogP contribution in [0.5, 0.6) is 0 Å². The van der Waals surface area contributed by atoms with Gasteiger partial charge in [0.2, 0.25) is 0 Å². The molecule has 0 N–H and O–H groups in total. The van der Waals surface area contributed by atoms with Crippen LogP contribution in [-0.4, -0.2) is 51.5 Å². The minimum atomic E-state index is -3.89. The molecule has 0 aromatic heterocycles. The highest BCUT2D eigenvalue weighted by Crippen LogP contribution is 2.43. The Morgan fingerprint density at radius 3 is 2.50 bits per heavy atom. The van der Waals surface area contributed by atoms with Crippen molar-refractivity contribution in [3.8, 4) is 0 Å². The van der Waals surface area contributed by atoms with Crippen molar-refractivity contribution >= 4 is 10.1 Å². The highest BCUT2D eigenvalue weighted by molar-refractivity contribution is 7.86. The van der Waals surface area contributed by atoms with Crippen LogP contribution in [0, 0.1) is 6.92 Å².